The summed E-state index contributed by atoms with van der Waals surface area (Å²) < 4.78 is 0. The molecule has 1 aliphatic heterocycles. The van der Waals surface area contributed by atoms with Gasteiger partial charge in [0.05, 0.1) is 21.4 Å². The zero-order chi connectivity index (χ0) is 19.7. The van der Waals surface area contributed by atoms with Crippen LogP contribution in [-0.4, -0.2) is 48.1 Å². The van der Waals surface area contributed by atoms with Gasteiger partial charge in [0.25, 0.3) is 0 Å². The fourth-order valence-electron chi connectivity index (χ4n) is 3.46. The Balaban J connectivity index is 1.64. The van der Waals surface area contributed by atoms with E-state index in [1.54, 1.807) is 6.07 Å². The first-order valence-corrected chi connectivity index (χ1v) is 10.1. The number of nitrogens with zero attached hydrogens (tertiary/aromatic N) is 4. The van der Waals surface area contributed by atoms with Crippen LogP contribution in [0.25, 0.3) is 22.5 Å². The van der Waals surface area contributed by atoms with Crippen LogP contribution in [0.5, 0.6) is 0 Å². The van der Waals surface area contributed by atoms with Crippen molar-refractivity contribution < 1.29 is 0 Å². The maximum atomic E-state index is 6.39. The molecule has 0 N–H and O–H groups in total. The summed E-state index contributed by atoms with van der Waals surface area (Å²) in [4.78, 5) is 14.0. The minimum absolute atomic E-state index is 0.513. The average Bonchev–Trinajstić information content (AvgIpc) is 2.70. The molecule has 1 aliphatic rings. The molecule has 0 amide bonds. The number of rotatable bonds is 3. The summed E-state index contributed by atoms with van der Waals surface area (Å²) in [5, 5.41) is 1.03. The second kappa shape index (κ2) is 8.08. The van der Waals surface area contributed by atoms with Crippen molar-refractivity contribution in [2.45, 2.75) is 6.92 Å². The number of halogens is 2. The Morgan fingerprint density at radius 1 is 0.857 bits per heavy atom. The molecule has 6 heteroatoms. The summed E-state index contributed by atoms with van der Waals surface area (Å²) in [5.74, 6) is 0.701. The van der Waals surface area contributed by atoms with Crippen molar-refractivity contribution in [3.63, 3.8) is 0 Å². The molecule has 1 fully saturated rings. The number of anilines is 1. The van der Waals surface area contributed by atoms with Gasteiger partial charge in [0, 0.05) is 43.0 Å². The van der Waals surface area contributed by atoms with Crippen LogP contribution in [0.2, 0.25) is 10.0 Å². The second-order valence-electron chi connectivity index (χ2n) is 7.12. The fourth-order valence-corrected chi connectivity index (χ4v) is 3.86. The largest absolute Gasteiger partial charge is 0.369 e. The van der Waals surface area contributed by atoms with Crippen molar-refractivity contribution in [1.29, 1.82) is 0 Å². The molecule has 4 rings (SSSR count). The van der Waals surface area contributed by atoms with Gasteiger partial charge in [0.1, 0.15) is 5.82 Å². The minimum Gasteiger partial charge on any atom is -0.369 e. The Morgan fingerprint density at radius 2 is 1.54 bits per heavy atom. The molecule has 0 bridgehead atoms. The molecule has 0 aliphatic carbocycles. The van der Waals surface area contributed by atoms with Crippen molar-refractivity contribution in [3.8, 4) is 22.5 Å². The van der Waals surface area contributed by atoms with Crippen molar-refractivity contribution in [2.75, 3.05) is 38.1 Å². The molecule has 144 valence electrons. The van der Waals surface area contributed by atoms with Gasteiger partial charge in [0.15, 0.2) is 0 Å². The molecule has 4 nitrogen and oxygen atoms in total. The Bertz CT molecular complexity index is 980. The van der Waals surface area contributed by atoms with E-state index in [2.05, 4.69) is 51.1 Å². The molecule has 0 radical (unpaired) electrons. The lowest BCUT2D eigenvalue weighted by atomic mass is 10.1. The molecule has 0 unspecified atom stereocenters. The lowest BCUT2D eigenvalue weighted by Crippen LogP contribution is -2.44. The summed E-state index contributed by atoms with van der Waals surface area (Å²) >= 11 is 12.6. The highest BCUT2D eigenvalue weighted by molar-refractivity contribution is 6.43. The second-order valence-corrected chi connectivity index (χ2v) is 7.91. The normalized spacial score (nSPS) is 15.1. The number of aromatic nitrogens is 2. The number of aryl methyl sites for hydroxylation is 1. The van der Waals surface area contributed by atoms with Crippen LogP contribution < -0.4 is 4.90 Å². The van der Waals surface area contributed by atoms with Crippen molar-refractivity contribution in [3.05, 3.63) is 64.4 Å². The monoisotopic (exact) mass is 412 g/mol. The summed E-state index contributed by atoms with van der Waals surface area (Å²) in [6.07, 6.45) is 0. The van der Waals surface area contributed by atoms with Crippen LogP contribution in [0.15, 0.2) is 48.5 Å². The molecule has 28 heavy (non-hydrogen) atoms. The standard InChI is InChI=1S/C22H22Cl2N4/c1-15-25-20(14-21(26-15)18-4-3-5-19(23)22(18)24)16-6-8-17(9-7-16)28-12-10-27(2)11-13-28/h3-9,14H,10-13H2,1-2H3. The topological polar surface area (TPSA) is 32.3 Å². The predicted molar refractivity (Wildman–Crippen MR) is 117 cm³/mol. The van der Waals surface area contributed by atoms with Crippen LogP contribution >= 0.6 is 23.2 Å². The third-order valence-corrected chi connectivity index (χ3v) is 5.92. The van der Waals surface area contributed by atoms with Gasteiger partial charge < -0.3 is 9.80 Å². The molecule has 0 saturated carbocycles. The van der Waals surface area contributed by atoms with E-state index in [1.807, 2.05) is 25.1 Å². The van der Waals surface area contributed by atoms with Gasteiger partial charge in [-0.2, -0.15) is 0 Å². The fraction of sp³-hybridized carbons (Fsp3) is 0.273. The SMILES string of the molecule is Cc1nc(-c2ccc(N3CCN(C)CC3)cc2)cc(-c2cccc(Cl)c2Cl)n1. The molecule has 2 aromatic carbocycles. The van der Waals surface area contributed by atoms with Crippen LogP contribution in [0, 0.1) is 6.92 Å². The maximum Gasteiger partial charge on any atom is 0.126 e. The first-order valence-electron chi connectivity index (χ1n) is 9.35. The first-order chi connectivity index (χ1) is 13.5. The lowest BCUT2D eigenvalue weighted by Gasteiger charge is -2.34. The number of hydrogen-bond donors (Lipinski definition) is 0. The molecular formula is C22H22Cl2N4. The smallest absolute Gasteiger partial charge is 0.126 e. The summed E-state index contributed by atoms with van der Waals surface area (Å²) in [6, 6.07) is 16.1. The molecule has 1 aromatic heterocycles. The third kappa shape index (κ3) is 4.00. The number of hydrogen-bond acceptors (Lipinski definition) is 4. The molecular weight excluding hydrogens is 391 g/mol. The van der Waals surface area contributed by atoms with Gasteiger partial charge in [-0.3, -0.25) is 0 Å². The number of benzene rings is 2. The van der Waals surface area contributed by atoms with E-state index in [9.17, 15) is 0 Å². The van der Waals surface area contributed by atoms with Crippen LogP contribution in [-0.2, 0) is 0 Å². The van der Waals surface area contributed by atoms with Gasteiger partial charge in [-0.15, -0.1) is 0 Å². The molecule has 2 heterocycles. The molecule has 0 atom stereocenters. The van der Waals surface area contributed by atoms with Crippen molar-refractivity contribution in [2.24, 2.45) is 0 Å². The van der Waals surface area contributed by atoms with E-state index in [-0.39, 0.29) is 0 Å². The van der Waals surface area contributed by atoms with Crippen LogP contribution in [0.4, 0.5) is 5.69 Å². The van der Waals surface area contributed by atoms with Gasteiger partial charge in [-0.1, -0.05) is 47.5 Å². The van der Waals surface area contributed by atoms with Crippen LogP contribution in [0.3, 0.4) is 0 Å². The van der Waals surface area contributed by atoms with Gasteiger partial charge in [-0.05, 0) is 38.2 Å². The van der Waals surface area contributed by atoms with E-state index < -0.39 is 0 Å². The highest BCUT2D eigenvalue weighted by atomic mass is 35.5. The van der Waals surface area contributed by atoms with Gasteiger partial charge >= 0.3 is 0 Å². The Hall–Kier alpha value is -2.14. The highest BCUT2D eigenvalue weighted by Gasteiger charge is 2.15. The van der Waals surface area contributed by atoms with E-state index >= 15 is 0 Å². The summed E-state index contributed by atoms with van der Waals surface area (Å²) in [5.41, 5.74) is 4.78. The van der Waals surface area contributed by atoms with E-state index in [0.29, 0.717) is 15.9 Å². The molecule has 1 saturated heterocycles. The number of likely N-dealkylation sites (N-methyl/N-ethyl adjacent to an activating group) is 1. The minimum atomic E-state index is 0.513. The highest BCUT2D eigenvalue weighted by Crippen LogP contribution is 2.34. The average molecular weight is 413 g/mol. The zero-order valence-corrected chi connectivity index (χ0v) is 17.5. The van der Waals surface area contributed by atoms with Gasteiger partial charge in [0.2, 0.25) is 0 Å². The lowest BCUT2D eigenvalue weighted by molar-refractivity contribution is 0.313. The zero-order valence-electron chi connectivity index (χ0n) is 16.0. The van der Waals surface area contributed by atoms with Crippen molar-refractivity contribution in [1.82, 2.24) is 14.9 Å². The van der Waals surface area contributed by atoms with E-state index in [1.165, 1.54) is 5.69 Å². The first kappa shape index (κ1) is 19.2. The Labute approximate surface area is 175 Å². The van der Waals surface area contributed by atoms with Gasteiger partial charge in [-0.25, -0.2) is 9.97 Å². The molecule has 0 spiro atoms. The number of piperazine rings is 1. The summed E-state index contributed by atoms with van der Waals surface area (Å²) in [7, 11) is 2.17. The molecule has 3 aromatic rings. The Morgan fingerprint density at radius 3 is 2.25 bits per heavy atom. The maximum absolute atomic E-state index is 6.39. The Kier molecular flexibility index (Phi) is 5.54. The van der Waals surface area contributed by atoms with E-state index in [0.717, 1.165) is 48.7 Å². The van der Waals surface area contributed by atoms with E-state index in [4.69, 9.17) is 23.2 Å². The predicted octanol–water partition coefficient (Wildman–Crippen LogP) is 5.18. The van der Waals surface area contributed by atoms with Crippen LogP contribution in [0.1, 0.15) is 5.82 Å². The quantitative estimate of drug-likeness (QED) is 0.593. The summed E-state index contributed by atoms with van der Waals surface area (Å²) in [6.45, 7) is 6.19. The third-order valence-electron chi connectivity index (χ3n) is 5.10. The van der Waals surface area contributed by atoms with Crippen molar-refractivity contribution >= 4 is 28.9 Å².